The summed E-state index contributed by atoms with van der Waals surface area (Å²) in [7, 11) is 0. The Kier molecular flexibility index (Phi) is 8.56. The third-order valence-corrected chi connectivity index (χ3v) is 8.03. The molecule has 0 radical (unpaired) electrons. The van der Waals surface area contributed by atoms with Gasteiger partial charge in [-0.3, -0.25) is 19.3 Å². The van der Waals surface area contributed by atoms with Gasteiger partial charge in [0.25, 0.3) is 11.8 Å². The molecule has 2 amide bonds. The standard InChI is InChI=1S/C33H29N3O4S/c1-2-40-32(38)19-30(25-9-5-3-6-10-25)35-21-31(37)36(26-11-7-4-8-12-26)29-16-14-23(18-28(29)33(35)39)13-15-27-17-24(20-34)22-41-27/h3-12,14,16-18,22,30H,2,13,15,19,21H2,1H3. The monoisotopic (exact) mass is 563 g/mol. The number of nitriles is 1. The first kappa shape index (κ1) is 27.8. The number of amides is 2. The molecule has 0 N–H and O–H groups in total. The Labute approximate surface area is 243 Å². The van der Waals surface area contributed by atoms with E-state index >= 15 is 0 Å². The Morgan fingerprint density at radius 2 is 1.73 bits per heavy atom. The number of fused-ring (bicyclic) bond motifs is 1. The first-order chi connectivity index (χ1) is 20.0. The van der Waals surface area contributed by atoms with Gasteiger partial charge < -0.3 is 9.64 Å². The number of carbonyl (C=O) groups excluding carboxylic acids is 3. The van der Waals surface area contributed by atoms with Crippen molar-refractivity contribution in [3.05, 3.63) is 117 Å². The first-order valence-corrected chi connectivity index (χ1v) is 14.4. The number of hydrogen-bond acceptors (Lipinski definition) is 6. The molecule has 1 unspecified atom stereocenters. The van der Waals surface area contributed by atoms with Gasteiger partial charge in [-0.1, -0.05) is 54.6 Å². The van der Waals surface area contributed by atoms with Crippen molar-refractivity contribution >= 4 is 40.5 Å². The predicted octanol–water partition coefficient (Wildman–Crippen LogP) is 6.22. The molecule has 0 saturated heterocycles. The summed E-state index contributed by atoms with van der Waals surface area (Å²) in [5.41, 5.74) is 3.88. The van der Waals surface area contributed by atoms with Gasteiger partial charge in [0.15, 0.2) is 0 Å². The number of benzene rings is 3. The Balaban J connectivity index is 1.56. The van der Waals surface area contributed by atoms with Crippen LogP contribution in [-0.2, 0) is 27.2 Å². The highest BCUT2D eigenvalue weighted by Crippen LogP contribution is 2.37. The Hall–Kier alpha value is -4.74. The van der Waals surface area contributed by atoms with Crippen LogP contribution in [0.4, 0.5) is 11.4 Å². The molecule has 4 aromatic rings. The smallest absolute Gasteiger partial charge is 0.308 e. The van der Waals surface area contributed by atoms with Crippen LogP contribution >= 0.6 is 11.3 Å². The zero-order valence-corrected chi connectivity index (χ0v) is 23.5. The predicted molar refractivity (Wildman–Crippen MR) is 158 cm³/mol. The summed E-state index contributed by atoms with van der Waals surface area (Å²) in [5, 5.41) is 11.0. The molecule has 1 aliphatic heterocycles. The normalized spacial score (nSPS) is 13.8. The summed E-state index contributed by atoms with van der Waals surface area (Å²) in [6, 6.07) is 27.5. The lowest BCUT2D eigenvalue weighted by atomic mass is 9.99. The second kappa shape index (κ2) is 12.6. The summed E-state index contributed by atoms with van der Waals surface area (Å²) in [6.45, 7) is 1.76. The Morgan fingerprint density at radius 1 is 1.00 bits per heavy atom. The van der Waals surface area contributed by atoms with E-state index in [1.165, 1.54) is 4.90 Å². The van der Waals surface area contributed by atoms with E-state index in [9.17, 15) is 14.4 Å². The molecule has 0 aliphatic carbocycles. The van der Waals surface area contributed by atoms with Crippen molar-refractivity contribution in [2.24, 2.45) is 0 Å². The maximum absolute atomic E-state index is 14.3. The number of rotatable bonds is 9. The minimum atomic E-state index is -0.686. The molecule has 41 heavy (non-hydrogen) atoms. The average Bonchev–Trinajstić information content (AvgIpc) is 3.43. The molecule has 7 nitrogen and oxygen atoms in total. The van der Waals surface area contributed by atoms with Gasteiger partial charge in [-0.25, -0.2) is 0 Å². The summed E-state index contributed by atoms with van der Waals surface area (Å²) in [6.07, 6.45) is 1.31. The molecule has 0 spiro atoms. The SMILES string of the molecule is CCOC(=O)CC(c1ccccc1)N1CC(=O)N(c2ccccc2)c2ccc(CCc3cc(C#N)cs3)cc2C1=O. The number of esters is 1. The van der Waals surface area contributed by atoms with Gasteiger partial charge in [0.1, 0.15) is 6.54 Å². The number of anilines is 2. The Morgan fingerprint density at radius 3 is 2.41 bits per heavy atom. The number of hydrogen-bond donors (Lipinski definition) is 0. The highest BCUT2D eigenvalue weighted by atomic mass is 32.1. The molecule has 206 valence electrons. The van der Waals surface area contributed by atoms with E-state index in [0.29, 0.717) is 28.9 Å². The van der Waals surface area contributed by atoms with Crippen LogP contribution in [0.1, 0.15) is 51.3 Å². The quantitative estimate of drug-likeness (QED) is 0.226. The number of carbonyl (C=O) groups is 3. The maximum atomic E-state index is 14.3. The molecule has 8 heteroatoms. The van der Waals surface area contributed by atoms with E-state index in [0.717, 1.165) is 22.4 Å². The van der Waals surface area contributed by atoms with Gasteiger partial charge in [-0.15, -0.1) is 11.3 Å². The molecular formula is C33H29N3O4S. The van der Waals surface area contributed by atoms with Crippen molar-refractivity contribution in [1.82, 2.24) is 4.90 Å². The lowest BCUT2D eigenvalue weighted by molar-refractivity contribution is -0.144. The van der Waals surface area contributed by atoms with Crippen LogP contribution in [0, 0.1) is 11.3 Å². The largest absolute Gasteiger partial charge is 0.466 e. The van der Waals surface area contributed by atoms with Crippen molar-refractivity contribution in [3.63, 3.8) is 0 Å². The van der Waals surface area contributed by atoms with E-state index in [1.807, 2.05) is 90.3 Å². The molecule has 1 aliphatic rings. The van der Waals surface area contributed by atoms with Crippen LogP contribution in [0.5, 0.6) is 0 Å². The van der Waals surface area contributed by atoms with E-state index in [4.69, 9.17) is 10.00 Å². The van der Waals surface area contributed by atoms with Crippen molar-refractivity contribution in [2.75, 3.05) is 18.1 Å². The van der Waals surface area contributed by atoms with Crippen LogP contribution in [0.3, 0.4) is 0 Å². The third-order valence-electron chi connectivity index (χ3n) is 7.03. The number of aryl methyl sites for hydroxylation is 2. The molecule has 1 atom stereocenters. The van der Waals surface area contributed by atoms with Crippen LogP contribution in [-0.4, -0.2) is 35.8 Å². The van der Waals surface area contributed by atoms with Gasteiger partial charge in [-0.05, 0) is 61.2 Å². The molecule has 0 bridgehead atoms. The molecular weight excluding hydrogens is 534 g/mol. The topological polar surface area (TPSA) is 90.7 Å². The van der Waals surface area contributed by atoms with E-state index < -0.39 is 12.0 Å². The van der Waals surface area contributed by atoms with Crippen molar-refractivity contribution in [1.29, 1.82) is 5.26 Å². The zero-order chi connectivity index (χ0) is 28.8. The summed E-state index contributed by atoms with van der Waals surface area (Å²) in [5.74, 6) is -1.04. The van der Waals surface area contributed by atoms with E-state index in [2.05, 4.69) is 6.07 Å². The van der Waals surface area contributed by atoms with Crippen LogP contribution in [0.2, 0.25) is 0 Å². The summed E-state index contributed by atoms with van der Waals surface area (Å²) < 4.78 is 5.25. The molecule has 0 saturated carbocycles. The fourth-order valence-corrected chi connectivity index (χ4v) is 5.91. The lowest BCUT2D eigenvalue weighted by Gasteiger charge is -2.30. The summed E-state index contributed by atoms with van der Waals surface area (Å²) >= 11 is 1.54. The third kappa shape index (κ3) is 6.21. The number of ether oxygens (including phenoxy) is 1. The highest BCUT2D eigenvalue weighted by molar-refractivity contribution is 7.10. The molecule has 3 aromatic carbocycles. The molecule has 2 heterocycles. The van der Waals surface area contributed by atoms with Gasteiger partial charge in [-0.2, -0.15) is 5.26 Å². The summed E-state index contributed by atoms with van der Waals surface area (Å²) in [4.78, 5) is 45.1. The van der Waals surface area contributed by atoms with Gasteiger partial charge in [0.2, 0.25) is 0 Å². The van der Waals surface area contributed by atoms with Crippen molar-refractivity contribution in [3.8, 4) is 6.07 Å². The minimum absolute atomic E-state index is 0.0726. The molecule has 0 fully saturated rings. The van der Waals surface area contributed by atoms with Crippen LogP contribution < -0.4 is 4.90 Å². The van der Waals surface area contributed by atoms with Crippen molar-refractivity contribution < 1.29 is 19.1 Å². The Bertz CT molecular complexity index is 1590. The average molecular weight is 564 g/mol. The van der Waals surface area contributed by atoms with Crippen LogP contribution in [0.15, 0.2) is 90.3 Å². The zero-order valence-electron chi connectivity index (χ0n) is 22.7. The van der Waals surface area contributed by atoms with Crippen LogP contribution in [0.25, 0.3) is 0 Å². The van der Waals surface area contributed by atoms with Gasteiger partial charge >= 0.3 is 5.97 Å². The maximum Gasteiger partial charge on any atom is 0.308 e. The van der Waals surface area contributed by atoms with Crippen molar-refractivity contribution in [2.45, 2.75) is 32.2 Å². The molecule has 1 aromatic heterocycles. The highest BCUT2D eigenvalue weighted by Gasteiger charge is 2.37. The minimum Gasteiger partial charge on any atom is -0.466 e. The van der Waals surface area contributed by atoms with Gasteiger partial charge in [0.05, 0.1) is 42.0 Å². The number of nitrogens with zero attached hydrogens (tertiary/aromatic N) is 3. The molecule has 5 rings (SSSR count). The second-order valence-corrected chi connectivity index (χ2v) is 10.7. The lowest BCUT2D eigenvalue weighted by Crippen LogP contribution is -2.41. The van der Waals surface area contributed by atoms with Gasteiger partial charge in [0, 0.05) is 15.9 Å². The first-order valence-electron chi connectivity index (χ1n) is 13.5. The fourth-order valence-electron chi connectivity index (χ4n) is 5.09. The fraction of sp³-hybridized carbons (Fsp3) is 0.212. The number of thiophene rings is 1. The van der Waals surface area contributed by atoms with E-state index in [-0.39, 0.29) is 31.4 Å². The second-order valence-electron chi connectivity index (χ2n) is 9.70. The number of para-hydroxylation sites is 1. The van der Waals surface area contributed by atoms with E-state index in [1.54, 1.807) is 23.2 Å².